The molecule has 0 saturated carbocycles. The molecule has 1 amide bonds. The predicted molar refractivity (Wildman–Crippen MR) is 241 cm³/mol. The number of aromatic nitrogens is 5. The van der Waals surface area contributed by atoms with Gasteiger partial charge in [0.2, 0.25) is 10.0 Å². The van der Waals surface area contributed by atoms with E-state index in [2.05, 4.69) is 20.5 Å². The highest BCUT2D eigenvalue weighted by Gasteiger charge is 2.46. The normalized spacial score (nSPS) is 13.3. The van der Waals surface area contributed by atoms with Gasteiger partial charge in [-0.1, -0.05) is 42.5 Å². The number of anilines is 1. The van der Waals surface area contributed by atoms with Gasteiger partial charge < -0.3 is 34.7 Å². The number of sulfonamides is 1. The number of methoxy groups -OCH3 is 3. The van der Waals surface area contributed by atoms with E-state index >= 15 is 16.8 Å². The molecule has 0 atom stereocenters. The van der Waals surface area contributed by atoms with Crippen molar-refractivity contribution >= 4 is 37.7 Å². The second kappa shape index (κ2) is 18.8. The Morgan fingerprint density at radius 3 is 1.76 bits per heavy atom. The van der Waals surface area contributed by atoms with Crippen LogP contribution in [0.25, 0.3) is 22.5 Å². The maximum absolute atomic E-state index is 16.1. The van der Waals surface area contributed by atoms with Crippen LogP contribution in [0, 0.1) is 0 Å². The molecule has 21 heteroatoms. The lowest BCUT2D eigenvalue weighted by molar-refractivity contribution is 0.0138. The van der Waals surface area contributed by atoms with E-state index in [9.17, 15) is 14.7 Å². The van der Waals surface area contributed by atoms with E-state index in [-0.39, 0.29) is 66.8 Å². The van der Waals surface area contributed by atoms with Crippen molar-refractivity contribution in [1.29, 1.82) is 0 Å². The summed E-state index contributed by atoms with van der Waals surface area (Å²) in [5.41, 5.74) is 6.78. The molecule has 1 saturated heterocycles. The number of carboxylic acids is 1. The second-order valence-corrected chi connectivity index (χ2v) is 20.4. The number of benzene rings is 4. The van der Waals surface area contributed by atoms with Gasteiger partial charge in [0.15, 0.2) is 21.4 Å². The highest BCUT2D eigenvalue weighted by Crippen LogP contribution is 2.44. The van der Waals surface area contributed by atoms with Crippen LogP contribution in [-0.2, 0) is 44.2 Å². The highest BCUT2D eigenvalue weighted by atomic mass is 32.2. The van der Waals surface area contributed by atoms with Crippen molar-refractivity contribution in [3.05, 3.63) is 119 Å². The number of likely N-dealkylation sites (tertiary alicyclic amines) is 1. The Bertz CT molecular complexity index is 2920. The number of nitrogens with two attached hydrogens (primary N) is 1. The van der Waals surface area contributed by atoms with Gasteiger partial charge in [0.05, 0.1) is 38.3 Å². The maximum atomic E-state index is 16.1. The van der Waals surface area contributed by atoms with Crippen molar-refractivity contribution in [1.82, 2.24) is 34.4 Å². The zero-order chi connectivity index (χ0) is 47.6. The molecule has 0 spiro atoms. The first-order chi connectivity index (χ1) is 31.3. The Morgan fingerprint density at radius 2 is 1.27 bits per heavy atom. The van der Waals surface area contributed by atoms with Crippen molar-refractivity contribution in [2.75, 3.05) is 40.2 Å². The van der Waals surface area contributed by atoms with Crippen molar-refractivity contribution in [2.45, 2.75) is 61.0 Å². The third-order valence-corrected chi connectivity index (χ3v) is 14.8. The molecular weight excluding hydrogens is 893 g/mol. The summed E-state index contributed by atoms with van der Waals surface area (Å²) in [6.07, 6.45) is -0.728. The molecule has 0 bridgehead atoms. The van der Waals surface area contributed by atoms with Gasteiger partial charge in [-0.25, -0.2) is 36.1 Å². The van der Waals surface area contributed by atoms with Crippen LogP contribution >= 0.6 is 0 Å². The number of hydrogen-bond acceptors (Lipinski definition) is 15. The summed E-state index contributed by atoms with van der Waals surface area (Å²) in [5.74, 6) is -0.212. The smallest absolute Gasteiger partial charge is 0.410 e. The molecule has 1 aliphatic rings. The van der Waals surface area contributed by atoms with E-state index in [1.54, 1.807) is 93.6 Å². The molecule has 6 aromatic rings. The van der Waals surface area contributed by atoms with Gasteiger partial charge in [0.25, 0.3) is 0 Å². The van der Waals surface area contributed by atoms with Crippen LogP contribution < -0.4 is 19.9 Å². The summed E-state index contributed by atoms with van der Waals surface area (Å²) < 4.78 is 86.5. The highest BCUT2D eigenvalue weighted by molar-refractivity contribution is 7.94. The van der Waals surface area contributed by atoms with Crippen molar-refractivity contribution in [3.63, 3.8) is 0 Å². The topological polar surface area (TPSA) is 249 Å². The molecule has 19 nitrogen and oxygen atoms in total. The summed E-state index contributed by atoms with van der Waals surface area (Å²) in [4.78, 5) is 29.0. The molecule has 3 heterocycles. The quantitative estimate of drug-likeness (QED) is 0.121. The van der Waals surface area contributed by atoms with Gasteiger partial charge in [-0.3, -0.25) is 0 Å². The van der Waals surface area contributed by atoms with Crippen molar-refractivity contribution < 1.29 is 50.5 Å². The monoisotopic (exact) mass is 940 g/mol. The third kappa shape index (κ3) is 9.92. The first-order valence-corrected chi connectivity index (χ1v) is 23.4. The molecular formula is C45H48N8O11S2. The second-order valence-electron chi connectivity index (χ2n) is 16.3. The molecule has 0 unspecified atom stereocenters. The lowest BCUT2D eigenvalue weighted by atomic mass is 9.99. The minimum absolute atomic E-state index is 0.0250. The fourth-order valence-electron chi connectivity index (χ4n) is 7.22. The van der Waals surface area contributed by atoms with Gasteiger partial charge in [-0.2, -0.15) is 4.31 Å². The number of nitrogens with zero attached hydrogens (tertiary/aromatic N) is 7. The number of nitrogen functional groups attached to an aromatic ring is 1. The number of sulfone groups is 1. The van der Waals surface area contributed by atoms with E-state index in [0.717, 1.165) is 10.4 Å². The molecule has 346 valence electrons. The standard InChI is InChI=1S/C45H48N8O11S2/c1-45(2,3)64-44(56)51-26-34(27-51)65(57,58)38-22-20-35(36-19-21-37(43(54)55)47-41(36)46)39(42-48-49-50-53(42)25-30-11-17-33(63-6)18-12-30)40(38)66(59,60)52(23-28-7-13-31(61-4)14-8-28)24-29-9-15-32(62-5)16-10-29/h7-22,34H,23-27H2,1-6H3,(H2,46,47)(H,54,55). The van der Waals surface area contributed by atoms with Crippen LogP contribution in [0.1, 0.15) is 48.0 Å². The Kier molecular flexibility index (Phi) is 13.3. The number of carbonyl (C=O) groups is 2. The Hall–Kier alpha value is -7.10. The molecule has 1 fully saturated rings. The maximum Gasteiger partial charge on any atom is 0.410 e. The Labute approximate surface area is 381 Å². The first-order valence-electron chi connectivity index (χ1n) is 20.4. The van der Waals surface area contributed by atoms with Crippen molar-refractivity contribution in [3.8, 4) is 39.8 Å². The summed E-state index contributed by atoms with van der Waals surface area (Å²) in [6, 6.07) is 25.5. The van der Waals surface area contributed by atoms with Gasteiger partial charge in [0, 0.05) is 31.7 Å². The van der Waals surface area contributed by atoms with Crippen LogP contribution in [0.5, 0.6) is 17.2 Å². The molecule has 66 heavy (non-hydrogen) atoms. The van der Waals surface area contributed by atoms with E-state index < -0.39 is 52.6 Å². The molecule has 0 aliphatic carbocycles. The Balaban J connectivity index is 1.51. The summed E-state index contributed by atoms with van der Waals surface area (Å²) in [5, 5.41) is 21.0. The average Bonchev–Trinajstić information content (AvgIpc) is 3.72. The number of amides is 1. The minimum Gasteiger partial charge on any atom is -0.497 e. The molecule has 1 aliphatic heterocycles. The Morgan fingerprint density at radius 1 is 0.758 bits per heavy atom. The predicted octanol–water partition coefficient (Wildman–Crippen LogP) is 5.54. The fourth-order valence-corrected chi connectivity index (χ4v) is 11.3. The average molecular weight is 941 g/mol. The zero-order valence-electron chi connectivity index (χ0n) is 36.9. The number of carboxylic acid groups (broad SMARTS) is 1. The van der Waals surface area contributed by atoms with Gasteiger partial charge in [-0.15, -0.1) is 5.10 Å². The third-order valence-electron chi connectivity index (χ3n) is 10.7. The molecule has 0 radical (unpaired) electrons. The summed E-state index contributed by atoms with van der Waals surface area (Å²) >= 11 is 0. The van der Waals surface area contributed by atoms with Gasteiger partial charge in [0.1, 0.15) is 38.8 Å². The molecule has 7 rings (SSSR count). The molecule has 3 N–H and O–H groups in total. The van der Waals surface area contributed by atoms with Crippen LogP contribution in [0.15, 0.2) is 107 Å². The lowest BCUT2D eigenvalue weighted by Gasteiger charge is -2.39. The number of hydrogen-bond donors (Lipinski definition) is 2. The SMILES string of the molecule is COc1ccc(CN(Cc2ccc(OC)cc2)S(=O)(=O)c2c(S(=O)(=O)C3CN(C(=O)OC(C)(C)C)C3)ccc(-c3ccc(C(=O)O)nc3N)c2-c2nnnn2Cc2ccc(OC)cc2)cc1. The first kappa shape index (κ1) is 46.9. The molecule has 4 aromatic carbocycles. The summed E-state index contributed by atoms with van der Waals surface area (Å²) in [6.45, 7) is 3.92. The van der Waals surface area contributed by atoms with Crippen LogP contribution in [-0.4, -0.2) is 114 Å². The number of carbonyl (C=O) groups excluding carboxylic acids is 1. The number of pyridine rings is 1. The summed E-state index contributed by atoms with van der Waals surface area (Å²) in [7, 11) is -5.15. The largest absolute Gasteiger partial charge is 0.497 e. The number of tetrazole rings is 1. The van der Waals surface area contributed by atoms with Crippen molar-refractivity contribution in [2.24, 2.45) is 0 Å². The van der Waals surface area contributed by atoms with E-state index in [4.69, 9.17) is 24.7 Å². The number of aromatic carboxylic acids is 1. The van der Waals surface area contributed by atoms with Crippen LogP contribution in [0.3, 0.4) is 0 Å². The molecule has 2 aromatic heterocycles. The van der Waals surface area contributed by atoms with E-state index in [1.807, 2.05) is 0 Å². The van der Waals surface area contributed by atoms with Crippen LogP contribution in [0.4, 0.5) is 10.6 Å². The van der Waals surface area contributed by atoms with Gasteiger partial charge in [-0.05, 0) is 108 Å². The van der Waals surface area contributed by atoms with Crippen LogP contribution in [0.2, 0.25) is 0 Å². The lowest BCUT2D eigenvalue weighted by Crippen LogP contribution is -2.57. The fraction of sp³-hybridized carbons (Fsp3) is 0.289. The van der Waals surface area contributed by atoms with Gasteiger partial charge >= 0.3 is 12.1 Å². The van der Waals surface area contributed by atoms with E-state index in [0.29, 0.717) is 33.9 Å². The van der Waals surface area contributed by atoms with E-state index in [1.165, 1.54) is 49.1 Å². The minimum atomic E-state index is -5.03. The zero-order valence-corrected chi connectivity index (χ0v) is 38.5. The number of ether oxygens (including phenoxy) is 4. The number of rotatable bonds is 16.